The minimum absolute atomic E-state index is 0.0566. The maximum absolute atomic E-state index is 13.7. The Morgan fingerprint density at radius 2 is 1.91 bits per heavy atom. The second-order valence-electron chi connectivity index (χ2n) is 4.81. The molecular weight excluding hydrogens is 298 g/mol. The molecule has 2 aromatic rings. The maximum atomic E-state index is 13.7. The predicted octanol–water partition coefficient (Wildman–Crippen LogP) is 4.77. The zero-order valence-electron chi connectivity index (χ0n) is 12.0. The molecule has 0 radical (unpaired) electrons. The number of aromatic nitrogens is 1. The van der Waals surface area contributed by atoms with E-state index in [4.69, 9.17) is 4.74 Å². The molecule has 6 heteroatoms. The van der Waals surface area contributed by atoms with E-state index >= 15 is 0 Å². The van der Waals surface area contributed by atoms with Crippen LogP contribution < -0.4 is 4.74 Å². The van der Waals surface area contributed by atoms with Gasteiger partial charge in [-0.1, -0.05) is 25.5 Å². The molecule has 2 nitrogen and oxygen atoms in total. The van der Waals surface area contributed by atoms with Gasteiger partial charge in [-0.05, 0) is 24.6 Å². The first-order chi connectivity index (χ1) is 10.4. The number of alkyl halides is 3. The number of nitrogens with zero attached hydrogens (tertiary/aromatic N) is 1. The fraction of sp³-hybridized carbons (Fsp3) is 0.312. The number of ether oxygens (including phenoxy) is 1. The molecule has 0 aliphatic carbocycles. The van der Waals surface area contributed by atoms with E-state index in [1.54, 1.807) is 12.3 Å². The fourth-order valence-corrected chi connectivity index (χ4v) is 2.00. The van der Waals surface area contributed by atoms with Gasteiger partial charge in [0, 0.05) is 17.3 Å². The van der Waals surface area contributed by atoms with Crippen molar-refractivity contribution in [2.75, 3.05) is 0 Å². The fourth-order valence-electron chi connectivity index (χ4n) is 2.00. The Bertz CT molecular complexity index is 640. The summed E-state index contributed by atoms with van der Waals surface area (Å²) >= 11 is 0. The van der Waals surface area contributed by atoms with Gasteiger partial charge in [-0.15, -0.1) is 0 Å². The Labute approximate surface area is 125 Å². The first-order valence-electron chi connectivity index (χ1n) is 6.84. The Morgan fingerprint density at radius 3 is 2.55 bits per heavy atom. The SMILES string of the molecule is CCCc1cccnc1OCc1ccc(C(F)(F)F)cc1F. The standard InChI is InChI=1S/C16H15F4NO/c1-2-4-11-5-3-8-21-15(11)22-10-12-6-7-13(9-14(12)17)16(18,19)20/h3,5-9H,2,4,10H2,1H3. The molecule has 0 spiro atoms. The lowest BCUT2D eigenvalue weighted by Gasteiger charge is -2.12. The summed E-state index contributed by atoms with van der Waals surface area (Å²) < 4.78 is 56.6. The van der Waals surface area contributed by atoms with E-state index in [1.165, 1.54) is 0 Å². The number of benzene rings is 1. The number of aryl methyl sites for hydroxylation is 1. The van der Waals surface area contributed by atoms with Crippen molar-refractivity contribution in [1.29, 1.82) is 0 Å². The molecule has 0 N–H and O–H groups in total. The van der Waals surface area contributed by atoms with Crippen LogP contribution in [0.1, 0.15) is 30.0 Å². The third-order valence-corrected chi connectivity index (χ3v) is 3.11. The van der Waals surface area contributed by atoms with Crippen LogP contribution in [0.2, 0.25) is 0 Å². The summed E-state index contributed by atoms with van der Waals surface area (Å²) in [5.41, 5.74) is -0.0725. The van der Waals surface area contributed by atoms with Crippen LogP contribution >= 0.6 is 0 Å². The average Bonchev–Trinajstić information content (AvgIpc) is 2.46. The van der Waals surface area contributed by atoms with Gasteiger partial charge in [-0.3, -0.25) is 0 Å². The van der Waals surface area contributed by atoms with Gasteiger partial charge >= 0.3 is 6.18 Å². The van der Waals surface area contributed by atoms with Crippen molar-refractivity contribution >= 4 is 0 Å². The van der Waals surface area contributed by atoms with Gasteiger partial charge in [0.05, 0.1) is 5.56 Å². The molecule has 0 atom stereocenters. The summed E-state index contributed by atoms with van der Waals surface area (Å²) in [5, 5.41) is 0. The maximum Gasteiger partial charge on any atom is 0.416 e. The molecule has 0 saturated carbocycles. The van der Waals surface area contributed by atoms with Gasteiger partial charge in [-0.25, -0.2) is 9.37 Å². The Kier molecular flexibility index (Phi) is 5.00. The molecule has 0 fully saturated rings. The quantitative estimate of drug-likeness (QED) is 0.742. The van der Waals surface area contributed by atoms with Gasteiger partial charge < -0.3 is 4.74 Å². The van der Waals surface area contributed by atoms with E-state index in [0.717, 1.165) is 30.5 Å². The van der Waals surface area contributed by atoms with Gasteiger partial charge in [0.2, 0.25) is 5.88 Å². The van der Waals surface area contributed by atoms with E-state index < -0.39 is 17.6 Å². The molecule has 0 aliphatic heterocycles. The third-order valence-electron chi connectivity index (χ3n) is 3.11. The Hall–Kier alpha value is -2.11. The number of hydrogen-bond acceptors (Lipinski definition) is 2. The summed E-state index contributed by atoms with van der Waals surface area (Å²) in [6.45, 7) is 1.84. The highest BCUT2D eigenvalue weighted by molar-refractivity contribution is 5.28. The molecular formula is C16H15F4NO. The van der Waals surface area contributed by atoms with Crippen molar-refractivity contribution in [1.82, 2.24) is 4.98 Å². The predicted molar refractivity (Wildman–Crippen MR) is 74.0 cm³/mol. The highest BCUT2D eigenvalue weighted by atomic mass is 19.4. The summed E-state index contributed by atoms with van der Waals surface area (Å²) in [6.07, 6.45) is -1.34. The Balaban J connectivity index is 2.12. The number of hydrogen-bond donors (Lipinski definition) is 0. The van der Waals surface area contributed by atoms with Crippen molar-refractivity contribution < 1.29 is 22.3 Å². The summed E-state index contributed by atoms with van der Waals surface area (Å²) in [4.78, 5) is 4.07. The smallest absolute Gasteiger partial charge is 0.416 e. The van der Waals surface area contributed by atoms with Crippen LogP contribution in [0.15, 0.2) is 36.5 Å². The van der Waals surface area contributed by atoms with E-state index in [2.05, 4.69) is 4.98 Å². The summed E-state index contributed by atoms with van der Waals surface area (Å²) in [5.74, 6) is -0.563. The van der Waals surface area contributed by atoms with Gasteiger partial charge in [0.1, 0.15) is 12.4 Å². The lowest BCUT2D eigenvalue weighted by atomic mass is 10.1. The lowest BCUT2D eigenvalue weighted by molar-refractivity contribution is -0.137. The highest BCUT2D eigenvalue weighted by Gasteiger charge is 2.31. The molecule has 1 aromatic carbocycles. The molecule has 0 bridgehead atoms. The van der Waals surface area contributed by atoms with Crippen LogP contribution in [0.25, 0.3) is 0 Å². The molecule has 1 heterocycles. The molecule has 0 aliphatic rings. The van der Waals surface area contributed by atoms with Crippen molar-refractivity contribution in [2.45, 2.75) is 32.5 Å². The molecule has 0 saturated heterocycles. The first kappa shape index (κ1) is 16.3. The largest absolute Gasteiger partial charge is 0.472 e. The molecule has 1 aromatic heterocycles. The summed E-state index contributed by atoms with van der Waals surface area (Å²) in [6, 6.07) is 6.03. The molecule has 2 rings (SSSR count). The number of rotatable bonds is 5. The van der Waals surface area contributed by atoms with Crippen LogP contribution in [-0.4, -0.2) is 4.98 Å². The van der Waals surface area contributed by atoms with Crippen molar-refractivity contribution in [2.24, 2.45) is 0 Å². The highest BCUT2D eigenvalue weighted by Crippen LogP contribution is 2.30. The van der Waals surface area contributed by atoms with Crippen molar-refractivity contribution in [3.63, 3.8) is 0 Å². The number of pyridine rings is 1. The molecule has 0 unspecified atom stereocenters. The Morgan fingerprint density at radius 1 is 1.14 bits per heavy atom. The van der Waals surface area contributed by atoms with Gasteiger partial charge in [-0.2, -0.15) is 13.2 Å². The second kappa shape index (κ2) is 6.77. The second-order valence-corrected chi connectivity index (χ2v) is 4.81. The van der Waals surface area contributed by atoms with Crippen LogP contribution in [0, 0.1) is 5.82 Å². The van der Waals surface area contributed by atoms with Crippen LogP contribution in [0.3, 0.4) is 0 Å². The van der Waals surface area contributed by atoms with Crippen LogP contribution in [-0.2, 0) is 19.2 Å². The van der Waals surface area contributed by atoms with Crippen LogP contribution in [0.4, 0.5) is 17.6 Å². The van der Waals surface area contributed by atoms with E-state index in [9.17, 15) is 17.6 Å². The van der Waals surface area contributed by atoms with E-state index in [1.807, 2.05) is 13.0 Å². The zero-order valence-corrected chi connectivity index (χ0v) is 12.0. The van der Waals surface area contributed by atoms with Gasteiger partial charge in [0.25, 0.3) is 0 Å². The lowest BCUT2D eigenvalue weighted by Crippen LogP contribution is -2.08. The zero-order chi connectivity index (χ0) is 16.2. The normalized spacial score (nSPS) is 11.5. The van der Waals surface area contributed by atoms with Crippen LogP contribution in [0.5, 0.6) is 5.88 Å². The summed E-state index contributed by atoms with van der Waals surface area (Å²) in [7, 11) is 0. The molecule has 22 heavy (non-hydrogen) atoms. The molecule has 0 amide bonds. The van der Waals surface area contributed by atoms with Crippen molar-refractivity contribution in [3.8, 4) is 5.88 Å². The van der Waals surface area contributed by atoms with E-state index in [-0.39, 0.29) is 12.2 Å². The first-order valence-corrected chi connectivity index (χ1v) is 6.84. The van der Waals surface area contributed by atoms with Gasteiger partial charge in [0.15, 0.2) is 0 Å². The minimum atomic E-state index is -4.56. The van der Waals surface area contributed by atoms with Crippen molar-refractivity contribution in [3.05, 3.63) is 59.0 Å². The third kappa shape index (κ3) is 3.96. The topological polar surface area (TPSA) is 22.1 Å². The average molecular weight is 313 g/mol. The minimum Gasteiger partial charge on any atom is -0.472 e. The monoisotopic (exact) mass is 313 g/mol. The van der Waals surface area contributed by atoms with E-state index in [0.29, 0.717) is 11.9 Å². The number of halogens is 4. The molecule has 118 valence electrons.